The summed E-state index contributed by atoms with van der Waals surface area (Å²) in [5.41, 5.74) is 0. The minimum atomic E-state index is -0.311. The molecule has 1 aliphatic rings. The summed E-state index contributed by atoms with van der Waals surface area (Å²) >= 11 is 7.33. The van der Waals surface area contributed by atoms with Crippen molar-refractivity contribution in [1.82, 2.24) is 15.5 Å². The molecule has 2 N–H and O–H groups in total. The Balaban J connectivity index is 1.84. The average molecular weight is 288 g/mol. The number of halogens is 1. The number of carbonyl (C=O) groups excluding carboxylic acids is 2. The van der Waals surface area contributed by atoms with Gasteiger partial charge < -0.3 is 10.6 Å². The number of urea groups is 1. The summed E-state index contributed by atoms with van der Waals surface area (Å²) in [4.78, 5) is 25.4. The first kappa shape index (κ1) is 13.3. The van der Waals surface area contributed by atoms with Crippen molar-refractivity contribution in [3.63, 3.8) is 0 Å². The highest BCUT2D eigenvalue weighted by Crippen LogP contribution is 2.26. The molecule has 1 aromatic heterocycles. The standard InChI is InChI=1S/C11H14ClN3O2S/c1-7(8-2-3-9(12)18-8)14-6-10(16)15-5-4-13-11(15)17/h2-3,7,14H,4-6H2,1H3,(H,13,17). The highest BCUT2D eigenvalue weighted by Gasteiger charge is 2.25. The van der Waals surface area contributed by atoms with E-state index >= 15 is 0 Å². The minimum absolute atomic E-state index is 0.0390. The van der Waals surface area contributed by atoms with E-state index in [1.165, 1.54) is 16.2 Å². The van der Waals surface area contributed by atoms with E-state index in [9.17, 15) is 9.59 Å². The van der Waals surface area contributed by atoms with Crippen LogP contribution in [0, 0.1) is 0 Å². The Hall–Kier alpha value is -1.11. The molecule has 2 rings (SSSR count). The molecule has 1 aromatic rings. The van der Waals surface area contributed by atoms with E-state index in [-0.39, 0.29) is 24.5 Å². The van der Waals surface area contributed by atoms with E-state index in [0.717, 1.165) is 9.21 Å². The van der Waals surface area contributed by atoms with Crippen molar-refractivity contribution in [3.8, 4) is 0 Å². The van der Waals surface area contributed by atoms with Crippen LogP contribution < -0.4 is 10.6 Å². The van der Waals surface area contributed by atoms with Gasteiger partial charge in [0, 0.05) is 24.0 Å². The minimum Gasteiger partial charge on any atom is -0.336 e. The SMILES string of the molecule is CC(NCC(=O)N1CCNC1=O)c1ccc(Cl)s1. The lowest BCUT2D eigenvalue weighted by atomic mass is 10.3. The molecule has 0 aliphatic carbocycles. The highest BCUT2D eigenvalue weighted by molar-refractivity contribution is 7.16. The van der Waals surface area contributed by atoms with E-state index < -0.39 is 0 Å². The molecular weight excluding hydrogens is 274 g/mol. The number of amides is 3. The van der Waals surface area contributed by atoms with Crippen molar-refractivity contribution in [2.45, 2.75) is 13.0 Å². The van der Waals surface area contributed by atoms with Gasteiger partial charge in [-0.1, -0.05) is 11.6 Å². The number of nitrogens with zero attached hydrogens (tertiary/aromatic N) is 1. The number of carbonyl (C=O) groups is 2. The quantitative estimate of drug-likeness (QED) is 0.884. The molecule has 5 nitrogen and oxygen atoms in total. The predicted molar refractivity (Wildman–Crippen MR) is 70.9 cm³/mol. The van der Waals surface area contributed by atoms with E-state index in [4.69, 9.17) is 11.6 Å². The Labute approximate surface area is 114 Å². The third kappa shape index (κ3) is 3.01. The van der Waals surface area contributed by atoms with E-state index in [0.29, 0.717) is 13.1 Å². The first-order valence-electron chi connectivity index (χ1n) is 5.64. The molecule has 0 spiro atoms. The number of hydrogen-bond donors (Lipinski definition) is 2. The van der Waals surface area contributed by atoms with Gasteiger partial charge in [0.2, 0.25) is 5.91 Å². The summed E-state index contributed by atoms with van der Waals surface area (Å²) in [5.74, 6) is -0.209. The van der Waals surface area contributed by atoms with E-state index in [1.54, 1.807) is 0 Å². The fourth-order valence-electron chi connectivity index (χ4n) is 1.71. The number of thiophene rings is 1. The second-order valence-corrected chi connectivity index (χ2v) is 5.77. The monoisotopic (exact) mass is 287 g/mol. The van der Waals surface area contributed by atoms with Crippen molar-refractivity contribution >= 4 is 34.9 Å². The lowest BCUT2D eigenvalue weighted by molar-refractivity contribution is -0.126. The molecule has 2 heterocycles. The maximum atomic E-state index is 11.8. The fourth-order valence-corrected chi connectivity index (χ4v) is 2.79. The van der Waals surface area contributed by atoms with Gasteiger partial charge in [-0.3, -0.25) is 9.69 Å². The molecule has 1 unspecified atom stereocenters. The second kappa shape index (κ2) is 5.69. The van der Waals surface area contributed by atoms with Crippen LogP contribution in [-0.2, 0) is 4.79 Å². The van der Waals surface area contributed by atoms with Crippen LogP contribution >= 0.6 is 22.9 Å². The van der Waals surface area contributed by atoms with Gasteiger partial charge in [0.25, 0.3) is 0 Å². The molecule has 18 heavy (non-hydrogen) atoms. The van der Waals surface area contributed by atoms with E-state index in [2.05, 4.69) is 10.6 Å². The Bertz CT molecular complexity index is 463. The van der Waals surface area contributed by atoms with Gasteiger partial charge in [-0.2, -0.15) is 0 Å². The lowest BCUT2D eigenvalue weighted by Gasteiger charge is -2.15. The van der Waals surface area contributed by atoms with Crippen LogP contribution in [0.1, 0.15) is 17.8 Å². The van der Waals surface area contributed by atoms with Crippen LogP contribution in [0.3, 0.4) is 0 Å². The molecule has 1 saturated heterocycles. The van der Waals surface area contributed by atoms with E-state index in [1.807, 2.05) is 19.1 Å². The van der Waals surface area contributed by atoms with Crippen molar-refractivity contribution in [1.29, 1.82) is 0 Å². The molecule has 1 atom stereocenters. The maximum Gasteiger partial charge on any atom is 0.324 e. The third-order valence-electron chi connectivity index (χ3n) is 2.74. The molecule has 1 aliphatic heterocycles. The largest absolute Gasteiger partial charge is 0.336 e. The predicted octanol–water partition coefficient (Wildman–Crippen LogP) is 1.60. The first-order chi connectivity index (χ1) is 8.58. The fraction of sp³-hybridized carbons (Fsp3) is 0.455. The van der Waals surface area contributed by atoms with Crippen LogP contribution in [-0.4, -0.2) is 36.5 Å². The van der Waals surface area contributed by atoms with Crippen LogP contribution in [0.5, 0.6) is 0 Å². The normalized spacial score (nSPS) is 16.8. The molecule has 98 valence electrons. The van der Waals surface area contributed by atoms with Gasteiger partial charge in [-0.15, -0.1) is 11.3 Å². The summed E-state index contributed by atoms with van der Waals surface area (Å²) in [6.45, 7) is 3.07. The molecule has 3 amide bonds. The van der Waals surface area contributed by atoms with Crippen LogP contribution in [0.2, 0.25) is 4.34 Å². The van der Waals surface area contributed by atoms with Crippen molar-refractivity contribution in [2.24, 2.45) is 0 Å². The summed E-state index contributed by atoms with van der Waals surface area (Å²) in [6, 6.07) is 3.48. The molecular formula is C11H14ClN3O2S. The molecule has 0 aromatic carbocycles. The average Bonchev–Trinajstić information content (AvgIpc) is 2.94. The Morgan fingerprint density at radius 2 is 2.44 bits per heavy atom. The Morgan fingerprint density at radius 1 is 1.67 bits per heavy atom. The summed E-state index contributed by atoms with van der Waals surface area (Å²) < 4.78 is 0.726. The number of nitrogens with one attached hydrogen (secondary N) is 2. The van der Waals surface area contributed by atoms with Gasteiger partial charge in [0.15, 0.2) is 0 Å². The molecule has 0 radical (unpaired) electrons. The zero-order chi connectivity index (χ0) is 13.1. The highest BCUT2D eigenvalue weighted by atomic mass is 35.5. The topological polar surface area (TPSA) is 61.4 Å². The summed E-state index contributed by atoms with van der Waals surface area (Å²) in [6.07, 6.45) is 0. The summed E-state index contributed by atoms with van der Waals surface area (Å²) in [7, 11) is 0. The first-order valence-corrected chi connectivity index (χ1v) is 6.84. The maximum absolute atomic E-state index is 11.8. The molecule has 7 heteroatoms. The van der Waals surface area contributed by atoms with Gasteiger partial charge in [-0.05, 0) is 19.1 Å². The van der Waals surface area contributed by atoms with Crippen molar-refractivity contribution < 1.29 is 9.59 Å². The number of imide groups is 1. The zero-order valence-electron chi connectivity index (χ0n) is 9.90. The summed E-state index contributed by atoms with van der Waals surface area (Å²) in [5, 5.41) is 5.69. The Morgan fingerprint density at radius 3 is 3.00 bits per heavy atom. The van der Waals surface area contributed by atoms with Crippen LogP contribution in [0.25, 0.3) is 0 Å². The van der Waals surface area contributed by atoms with Crippen LogP contribution in [0.4, 0.5) is 4.79 Å². The van der Waals surface area contributed by atoms with Gasteiger partial charge in [0.1, 0.15) is 0 Å². The van der Waals surface area contributed by atoms with Gasteiger partial charge >= 0.3 is 6.03 Å². The number of rotatable bonds is 4. The molecule has 1 fully saturated rings. The number of hydrogen-bond acceptors (Lipinski definition) is 4. The van der Waals surface area contributed by atoms with Crippen molar-refractivity contribution in [2.75, 3.05) is 19.6 Å². The van der Waals surface area contributed by atoms with Crippen molar-refractivity contribution in [3.05, 3.63) is 21.3 Å². The zero-order valence-corrected chi connectivity index (χ0v) is 11.5. The Kier molecular flexibility index (Phi) is 4.21. The third-order valence-corrected chi connectivity index (χ3v) is 4.15. The smallest absolute Gasteiger partial charge is 0.324 e. The molecule has 0 bridgehead atoms. The van der Waals surface area contributed by atoms with Crippen LogP contribution in [0.15, 0.2) is 12.1 Å². The van der Waals surface area contributed by atoms with Gasteiger partial charge in [-0.25, -0.2) is 4.79 Å². The lowest BCUT2D eigenvalue weighted by Crippen LogP contribution is -2.40. The molecule has 0 saturated carbocycles. The second-order valence-electron chi connectivity index (χ2n) is 4.02. The van der Waals surface area contributed by atoms with Gasteiger partial charge in [0.05, 0.1) is 10.9 Å².